The third kappa shape index (κ3) is 6.13. The summed E-state index contributed by atoms with van der Waals surface area (Å²) in [6.07, 6.45) is 2.35. The zero-order valence-corrected chi connectivity index (χ0v) is 20.2. The molecule has 164 valence electrons. The molecule has 1 N–H and O–H groups in total. The van der Waals surface area contributed by atoms with E-state index in [1.54, 1.807) is 19.2 Å². The van der Waals surface area contributed by atoms with Crippen molar-refractivity contribution >= 4 is 35.8 Å². The summed E-state index contributed by atoms with van der Waals surface area (Å²) in [6, 6.07) is 9.66. The molecule has 2 heterocycles. The minimum Gasteiger partial charge on any atom is -0.496 e. The molecule has 3 rings (SSSR count). The van der Waals surface area contributed by atoms with Crippen molar-refractivity contribution in [3.05, 3.63) is 53.5 Å². The van der Waals surface area contributed by atoms with Gasteiger partial charge in [-0.1, -0.05) is 17.7 Å². The van der Waals surface area contributed by atoms with E-state index >= 15 is 0 Å². The van der Waals surface area contributed by atoms with Crippen LogP contribution in [-0.2, 0) is 6.42 Å². The van der Waals surface area contributed by atoms with Crippen molar-refractivity contribution in [3.8, 4) is 5.75 Å². The minimum absolute atomic E-state index is 0. The van der Waals surface area contributed by atoms with Crippen LogP contribution in [0.25, 0.3) is 0 Å². The Morgan fingerprint density at radius 2 is 1.93 bits per heavy atom. The van der Waals surface area contributed by atoms with Gasteiger partial charge in [-0.25, -0.2) is 0 Å². The maximum atomic E-state index is 12.4. The third-order valence-corrected chi connectivity index (χ3v) is 5.01. The molecule has 0 atom stereocenters. The maximum absolute atomic E-state index is 12.4. The summed E-state index contributed by atoms with van der Waals surface area (Å²) >= 11 is 0. The second-order valence-corrected chi connectivity index (χ2v) is 7.06. The second-order valence-electron chi connectivity index (χ2n) is 7.06. The molecule has 0 radical (unpaired) electrons. The van der Waals surface area contributed by atoms with E-state index in [1.165, 1.54) is 17.4 Å². The van der Waals surface area contributed by atoms with Crippen molar-refractivity contribution in [2.75, 3.05) is 46.4 Å². The van der Waals surface area contributed by atoms with Gasteiger partial charge in [0, 0.05) is 39.3 Å². The van der Waals surface area contributed by atoms with E-state index in [0.29, 0.717) is 25.4 Å². The molecule has 7 nitrogen and oxygen atoms in total. The minimum atomic E-state index is -0.0527. The number of guanidine groups is 1. The number of carbonyl (C=O) groups is 1. The molecule has 8 heteroatoms. The van der Waals surface area contributed by atoms with Crippen molar-refractivity contribution in [2.45, 2.75) is 20.3 Å². The number of furan rings is 1. The number of halogens is 1. The highest BCUT2D eigenvalue weighted by Crippen LogP contribution is 2.20. The third-order valence-electron chi connectivity index (χ3n) is 5.01. The fraction of sp³-hybridized carbons (Fsp3) is 0.455. The summed E-state index contributed by atoms with van der Waals surface area (Å²) in [4.78, 5) is 21.3. The highest BCUT2D eigenvalue weighted by Gasteiger charge is 2.25. The van der Waals surface area contributed by atoms with E-state index in [2.05, 4.69) is 36.2 Å². The zero-order chi connectivity index (χ0) is 20.6. The smallest absolute Gasteiger partial charge is 0.289 e. The molecule has 0 aliphatic carbocycles. The van der Waals surface area contributed by atoms with E-state index in [-0.39, 0.29) is 29.9 Å². The van der Waals surface area contributed by atoms with Crippen LogP contribution in [-0.4, -0.2) is 68.0 Å². The first kappa shape index (κ1) is 24.0. The van der Waals surface area contributed by atoms with Crippen molar-refractivity contribution in [1.29, 1.82) is 0 Å². The Balaban J connectivity index is 0.00000320. The number of piperazine rings is 1. The van der Waals surface area contributed by atoms with Gasteiger partial charge in [0.2, 0.25) is 0 Å². The number of aliphatic imine (C=N–C) groups is 1. The van der Waals surface area contributed by atoms with Crippen LogP contribution in [0, 0.1) is 6.92 Å². The molecule has 0 unspecified atom stereocenters. The highest BCUT2D eigenvalue weighted by molar-refractivity contribution is 14.0. The summed E-state index contributed by atoms with van der Waals surface area (Å²) in [5, 5.41) is 3.37. The molecular formula is C22H31IN4O3. The summed E-state index contributed by atoms with van der Waals surface area (Å²) in [6.45, 7) is 8.41. The number of benzene rings is 1. The lowest BCUT2D eigenvalue weighted by Crippen LogP contribution is -2.53. The van der Waals surface area contributed by atoms with Gasteiger partial charge in [0.05, 0.1) is 13.4 Å². The topological polar surface area (TPSA) is 70.3 Å². The van der Waals surface area contributed by atoms with Gasteiger partial charge in [-0.05, 0) is 44.0 Å². The lowest BCUT2D eigenvalue weighted by molar-refractivity contribution is 0.0657. The fourth-order valence-corrected chi connectivity index (χ4v) is 3.49. The van der Waals surface area contributed by atoms with Crippen molar-refractivity contribution in [1.82, 2.24) is 15.1 Å². The zero-order valence-electron chi connectivity index (χ0n) is 17.9. The Bertz CT molecular complexity index is 831. The van der Waals surface area contributed by atoms with Crippen LogP contribution in [0.3, 0.4) is 0 Å². The summed E-state index contributed by atoms with van der Waals surface area (Å²) < 4.78 is 10.7. The fourth-order valence-electron chi connectivity index (χ4n) is 3.49. The largest absolute Gasteiger partial charge is 0.496 e. The molecular weight excluding hydrogens is 495 g/mol. The molecule has 1 fully saturated rings. The number of nitrogens with one attached hydrogen (secondary N) is 1. The van der Waals surface area contributed by atoms with E-state index in [0.717, 1.165) is 37.8 Å². The van der Waals surface area contributed by atoms with Crippen LogP contribution >= 0.6 is 24.0 Å². The molecule has 0 saturated carbocycles. The number of ether oxygens (including phenoxy) is 1. The summed E-state index contributed by atoms with van der Waals surface area (Å²) in [5.74, 6) is 2.14. The maximum Gasteiger partial charge on any atom is 0.289 e. The summed E-state index contributed by atoms with van der Waals surface area (Å²) in [7, 11) is 1.70. The van der Waals surface area contributed by atoms with Crippen molar-refractivity contribution in [2.24, 2.45) is 4.99 Å². The van der Waals surface area contributed by atoms with E-state index in [1.807, 2.05) is 11.0 Å². The van der Waals surface area contributed by atoms with Gasteiger partial charge in [0.1, 0.15) is 5.75 Å². The van der Waals surface area contributed by atoms with Gasteiger partial charge < -0.3 is 24.3 Å². The first-order valence-electron chi connectivity index (χ1n) is 10.1. The van der Waals surface area contributed by atoms with E-state index in [4.69, 9.17) is 14.1 Å². The second kappa shape index (κ2) is 11.8. The van der Waals surface area contributed by atoms with Crippen molar-refractivity contribution in [3.63, 3.8) is 0 Å². The van der Waals surface area contributed by atoms with Crippen molar-refractivity contribution < 1.29 is 13.9 Å². The lowest BCUT2D eigenvalue weighted by atomic mass is 10.1. The number of aryl methyl sites for hydroxylation is 1. The van der Waals surface area contributed by atoms with Gasteiger partial charge in [-0.2, -0.15) is 0 Å². The van der Waals surface area contributed by atoms with Gasteiger partial charge in [-0.15, -0.1) is 24.0 Å². The van der Waals surface area contributed by atoms with Gasteiger partial charge >= 0.3 is 0 Å². The van der Waals surface area contributed by atoms with Crippen LogP contribution in [0.1, 0.15) is 28.6 Å². The molecule has 1 aliphatic rings. The number of nitrogens with zero attached hydrogens (tertiary/aromatic N) is 3. The number of carbonyl (C=O) groups excluding carboxylic acids is 1. The molecule has 1 aliphatic heterocycles. The van der Waals surface area contributed by atoms with Gasteiger partial charge in [0.25, 0.3) is 5.91 Å². The molecule has 1 aromatic heterocycles. The Morgan fingerprint density at radius 3 is 2.57 bits per heavy atom. The Labute approximate surface area is 195 Å². The quantitative estimate of drug-likeness (QED) is 0.356. The standard InChI is InChI=1S/C22H30N4O3.HI/c1-4-23-22(24-10-9-18-16-17(2)7-8-19(18)28-3)26-13-11-25(12-14-26)21(27)20-6-5-15-29-20;/h5-8,15-16H,4,9-14H2,1-3H3,(H,23,24);1H. The normalized spacial score (nSPS) is 14.3. The van der Waals surface area contributed by atoms with E-state index < -0.39 is 0 Å². The number of rotatable bonds is 6. The van der Waals surface area contributed by atoms with E-state index in [9.17, 15) is 4.79 Å². The summed E-state index contributed by atoms with van der Waals surface area (Å²) in [5.41, 5.74) is 2.38. The Kier molecular flexibility index (Phi) is 9.48. The van der Waals surface area contributed by atoms with Crippen LogP contribution in [0.2, 0.25) is 0 Å². The van der Waals surface area contributed by atoms with Crippen LogP contribution in [0.4, 0.5) is 0 Å². The molecule has 1 amide bonds. The monoisotopic (exact) mass is 526 g/mol. The SMILES string of the molecule is CCNC(=NCCc1cc(C)ccc1OC)N1CCN(C(=O)c2ccco2)CC1.I. The number of hydrogen-bond acceptors (Lipinski definition) is 4. The lowest BCUT2D eigenvalue weighted by Gasteiger charge is -2.36. The average Bonchev–Trinajstić information content (AvgIpc) is 3.28. The average molecular weight is 526 g/mol. The Hall–Kier alpha value is -2.23. The highest BCUT2D eigenvalue weighted by atomic mass is 127. The van der Waals surface area contributed by atoms with Crippen LogP contribution < -0.4 is 10.1 Å². The number of methoxy groups -OCH3 is 1. The predicted molar refractivity (Wildman–Crippen MR) is 129 cm³/mol. The molecule has 0 bridgehead atoms. The van der Waals surface area contributed by atoms with Crippen LogP contribution in [0.15, 0.2) is 46.0 Å². The number of hydrogen-bond donors (Lipinski definition) is 1. The van der Waals surface area contributed by atoms with Crippen LogP contribution in [0.5, 0.6) is 5.75 Å². The molecule has 2 aromatic rings. The Morgan fingerprint density at radius 1 is 1.20 bits per heavy atom. The first-order valence-corrected chi connectivity index (χ1v) is 10.1. The molecule has 0 spiro atoms. The van der Waals surface area contributed by atoms with Gasteiger partial charge in [-0.3, -0.25) is 9.79 Å². The predicted octanol–water partition coefficient (Wildman–Crippen LogP) is 3.18. The first-order chi connectivity index (χ1) is 14.1. The molecule has 1 saturated heterocycles. The van der Waals surface area contributed by atoms with Gasteiger partial charge in [0.15, 0.2) is 11.7 Å². The molecule has 30 heavy (non-hydrogen) atoms. The molecule has 1 aromatic carbocycles. The number of amides is 1.